The molecule has 3 rings (SSSR count). The predicted octanol–water partition coefficient (Wildman–Crippen LogP) is 3.86. The highest BCUT2D eigenvalue weighted by molar-refractivity contribution is 9.10. The number of halogens is 2. The maximum absolute atomic E-state index is 12.3. The average molecular weight is 440 g/mol. The normalized spacial score (nSPS) is 15.5. The van der Waals surface area contributed by atoms with E-state index in [1.54, 1.807) is 18.5 Å². The minimum Gasteiger partial charge on any atom is -0.357 e. The third-order valence-corrected chi connectivity index (χ3v) is 4.82. The van der Waals surface area contributed by atoms with Crippen molar-refractivity contribution in [2.24, 2.45) is 5.92 Å². The number of nitrogens with one attached hydrogen (secondary N) is 1. The number of anilines is 2. The van der Waals surface area contributed by atoms with Crippen LogP contribution < -0.4 is 10.2 Å². The van der Waals surface area contributed by atoms with Gasteiger partial charge in [0, 0.05) is 40.3 Å². The zero-order valence-corrected chi connectivity index (χ0v) is 15.5. The van der Waals surface area contributed by atoms with Gasteiger partial charge in [-0.05, 0) is 69.0 Å². The summed E-state index contributed by atoms with van der Waals surface area (Å²) in [5.74, 6) is 1.62. The van der Waals surface area contributed by atoms with Crippen molar-refractivity contribution in [2.45, 2.75) is 12.8 Å². The van der Waals surface area contributed by atoms with Crippen LogP contribution in [0.1, 0.15) is 12.8 Å². The summed E-state index contributed by atoms with van der Waals surface area (Å²) < 4.78 is 1.86. The fraction of sp³-hybridized carbons (Fsp3) is 0.312. The van der Waals surface area contributed by atoms with Gasteiger partial charge < -0.3 is 10.2 Å². The van der Waals surface area contributed by atoms with E-state index in [0.717, 1.165) is 40.7 Å². The van der Waals surface area contributed by atoms with Crippen molar-refractivity contribution < 1.29 is 4.79 Å². The molecule has 0 saturated carbocycles. The molecule has 1 saturated heterocycles. The molecule has 0 spiro atoms. The monoisotopic (exact) mass is 438 g/mol. The van der Waals surface area contributed by atoms with Gasteiger partial charge in [-0.15, -0.1) is 0 Å². The Kier molecular flexibility index (Phi) is 5.27. The quantitative estimate of drug-likeness (QED) is 0.788. The molecule has 2 aromatic heterocycles. The molecule has 120 valence electrons. The van der Waals surface area contributed by atoms with E-state index < -0.39 is 0 Å². The van der Waals surface area contributed by atoms with E-state index in [4.69, 9.17) is 0 Å². The molecule has 7 heteroatoms. The number of piperidine rings is 1. The SMILES string of the molecule is O=C(Nc1ccc(Br)cn1)C1CCN(c2ccc(Br)cn2)CC1. The molecule has 0 aliphatic carbocycles. The van der Waals surface area contributed by atoms with Gasteiger partial charge in [0.2, 0.25) is 5.91 Å². The van der Waals surface area contributed by atoms with Gasteiger partial charge in [-0.2, -0.15) is 0 Å². The maximum Gasteiger partial charge on any atom is 0.228 e. The van der Waals surface area contributed by atoms with Crippen LogP contribution in [0.5, 0.6) is 0 Å². The zero-order chi connectivity index (χ0) is 16.2. The number of hydrogen-bond acceptors (Lipinski definition) is 4. The topological polar surface area (TPSA) is 58.1 Å². The van der Waals surface area contributed by atoms with Crippen LogP contribution in [0.2, 0.25) is 0 Å². The Labute approximate surface area is 151 Å². The van der Waals surface area contributed by atoms with E-state index in [0.29, 0.717) is 5.82 Å². The molecule has 0 atom stereocenters. The van der Waals surface area contributed by atoms with E-state index in [9.17, 15) is 4.79 Å². The van der Waals surface area contributed by atoms with Crippen molar-refractivity contribution in [3.63, 3.8) is 0 Å². The van der Waals surface area contributed by atoms with Crippen molar-refractivity contribution in [1.29, 1.82) is 0 Å². The number of aromatic nitrogens is 2. The molecular weight excluding hydrogens is 424 g/mol. The number of nitrogens with zero attached hydrogens (tertiary/aromatic N) is 3. The molecule has 0 unspecified atom stereocenters. The molecule has 23 heavy (non-hydrogen) atoms. The number of rotatable bonds is 3. The lowest BCUT2D eigenvalue weighted by molar-refractivity contribution is -0.120. The van der Waals surface area contributed by atoms with Gasteiger partial charge in [-0.1, -0.05) is 0 Å². The molecule has 3 heterocycles. The van der Waals surface area contributed by atoms with Gasteiger partial charge in [0.1, 0.15) is 11.6 Å². The summed E-state index contributed by atoms with van der Waals surface area (Å²) in [6, 6.07) is 7.64. The van der Waals surface area contributed by atoms with Crippen molar-refractivity contribution in [2.75, 3.05) is 23.3 Å². The molecule has 1 N–H and O–H groups in total. The lowest BCUT2D eigenvalue weighted by atomic mass is 9.96. The van der Waals surface area contributed by atoms with Crippen LogP contribution >= 0.6 is 31.9 Å². The Morgan fingerprint density at radius 2 is 1.70 bits per heavy atom. The van der Waals surface area contributed by atoms with Crippen molar-refractivity contribution >= 4 is 49.4 Å². The molecule has 1 fully saturated rings. The van der Waals surface area contributed by atoms with Crippen LogP contribution in [-0.4, -0.2) is 29.0 Å². The molecular formula is C16H16Br2N4O. The van der Waals surface area contributed by atoms with E-state index in [1.165, 1.54) is 0 Å². The molecule has 1 aliphatic rings. The van der Waals surface area contributed by atoms with Crippen molar-refractivity contribution in [1.82, 2.24) is 9.97 Å². The minimum absolute atomic E-state index is 0.0205. The van der Waals surface area contributed by atoms with E-state index >= 15 is 0 Å². The summed E-state index contributed by atoms with van der Waals surface area (Å²) in [6.07, 6.45) is 5.12. The van der Waals surface area contributed by atoms with Crippen LogP contribution in [0.25, 0.3) is 0 Å². The number of hydrogen-bond donors (Lipinski definition) is 1. The van der Waals surface area contributed by atoms with Gasteiger partial charge in [-0.25, -0.2) is 9.97 Å². The summed E-state index contributed by atoms with van der Waals surface area (Å²) in [4.78, 5) is 23.1. The van der Waals surface area contributed by atoms with Gasteiger partial charge >= 0.3 is 0 Å². The number of pyridine rings is 2. The molecule has 0 radical (unpaired) electrons. The maximum atomic E-state index is 12.3. The summed E-state index contributed by atoms with van der Waals surface area (Å²) in [6.45, 7) is 1.67. The Balaban J connectivity index is 1.54. The Hall–Kier alpha value is -1.47. The molecule has 0 aromatic carbocycles. The first kappa shape index (κ1) is 16.4. The fourth-order valence-electron chi connectivity index (χ4n) is 2.60. The van der Waals surface area contributed by atoms with E-state index in [-0.39, 0.29) is 11.8 Å². The largest absolute Gasteiger partial charge is 0.357 e. The highest BCUT2D eigenvalue weighted by Gasteiger charge is 2.25. The molecule has 5 nitrogen and oxygen atoms in total. The Morgan fingerprint density at radius 3 is 2.26 bits per heavy atom. The molecule has 1 amide bonds. The predicted molar refractivity (Wildman–Crippen MR) is 97.4 cm³/mol. The third-order valence-electron chi connectivity index (χ3n) is 3.88. The van der Waals surface area contributed by atoms with E-state index in [1.807, 2.05) is 18.2 Å². The standard InChI is InChI=1S/C16H16Br2N4O/c17-12-1-3-14(19-9-12)21-16(23)11-5-7-22(8-6-11)15-4-2-13(18)10-20-15/h1-4,9-11H,5-8H2,(H,19,21,23). The van der Waals surface area contributed by atoms with Gasteiger partial charge in [0.05, 0.1) is 0 Å². The Bertz CT molecular complexity index is 667. The summed E-state index contributed by atoms with van der Waals surface area (Å²) in [5, 5.41) is 2.89. The summed E-state index contributed by atoms with van der Waals surface area (Å²) in [5.41, 5.74) is 0. The number of carbonyl (C=O) groups excluding carboxylic acids is 1. The minimum atomic E-state index is 0.0205. The molecule has 1 aliphatic heterocycles. The van der Waals surface area contributed by atoms with Gasteiger partial charge in [0.15, 0.2) is 0 Å². The lowest BCUT2D eigenvalue weighted by Crippen LogP contribution is -2.38. The van der Waals surface area contributed by atoms with Crippen LogP contribution in [0, 0.1) is 5.92 Å². The Morgan fingerprint density at radius 1 is 1.04 bits per heavy atom. The van der Waals surface area contributed by atoms with Crippen LogP contribution in [0.15, 0.2) is 45.6 Å². The van der Waals surface area contributed by atoms with Crippen LogP contribution in [0.3, 0.4) is 0 Å². The zero-order valence-electron chi connectivity index (χ0n) is 12.4. The fourth-order valence-corrected chi connectivity index (χ4v) is 3.07. The highest BCUT2D eigenvalue weighted by atomic mass is 79.9. The van der Waals surface area contributed by atoms with Crippen molar-refractivity contribution in [3.05, 3.63) is 45.6 Å². The lowest BCUT2D eigenvalue weighted by Gasteiger charge is -2.32. The number of amides is 1. The molecule has 2 aromatic rings. The van der Waals surface area contributed by atoms with Gasteiger partial charge in [-0.3, -0.25) is 4.79 Å². The second-order valence-corrected chi connectivity index (χ2v) is 7.28. The van der Waals surface area contributed by atoms with Gasteiger partial charge in [0.25, 0.3) is 0 Å². The van der Waals surface area contributed by atoms with Crippen LogP contribution in [-0.2, 0) is 4.79 Å². The first-order chi connectivity index (χ1) is 11.1. The molecule has 0 bridgehead atoms. The first-order valence-electron chi connectivity index (χ1n) is 7.41. The summed E-state index contributed by atoms with van der Waals surface area (Å²) in [7, 11) is 0. The van der Waals surface area contributed by atoms with Crippen LogP contribution in [0.4, 0.5) is 11.6 Å². The highest BCUT2D eigenvalue weighted by Crippen LogP contribution is 2.24. The third kappa shape index (κ3) is 4.29. The average Bonchev–Trinajstić information content (AvgIpc) is 2.58. The second-order valence-electron chi connectivity index (χ2n) is 5.45. The smallest absolute Gasteiger partial charge is 0.228 e. The number of carbonyl (C=O) groups is 1. The van der Waals surface area contributed by atoms with E-state index in [2.05, 4.69) is 52.0 Å². The second kappa shape index (κ2) is 7.40. The summed E-state index contributed by atoms with van der Waals surface area (Å²) >= 11 is 6.72. The van der Waals surface area contributed by atoms with Crippen molar-refractivity contribution in [3.8, 4) is 0 Å². The first-order valence-corrected chi connectivity index (χ1v) is 8.99.